The Kier molecular flexibility index (Phi) is 4.10. The largest absolute Gasteiger partial charge is 0.220 e. The molecule has 0 aromatic heterocycles. The maximum absolute atomic E-state index is 7.91. The number of hydrogen-bond donors (Lipinski definition) is 1. The topological polar surface area (TPSA) is 38.7 Å². The normalized spacial score (nSPS) is 10.2. The van der Waals surface area contributed by atoms with Crippen LogP contribution in [0.5, 0.6) is 0 Å². The molecule has 0 bridgehead atoms. The maximum atomic E-state index is 7.91. The van der Waals surface area contributed by atoms with Gasteiger partial charge in [0, 0.05) is 4.90 Å². The van der Waals surface area contributed by atoms with Gasteiger partial charge in [0.15, 0.2) is 0 Å². The third kappa shape index (κ3) is 2.83. The molecule has 3 nitrogen and oxygen atoms in total. The Balaban J connectivity index is 2.60. The summed E-state index contributed by atoms with van der Waals surface area (Å²) in [5, 5.41) is 11.4. The van der Waals surface area contributed by atoms with Crippen molar-refractivity contribution in [2.24, 2.45) is 0 Å². The molecule has 0 aliphatic rings. The summed E-state index contributed by atoms with van der Waals surface area (Å²) in [6.07, 6.45) is 0.981. The third-order valence-corrected chi connectivity index (χ3v) is 2.04. The van der Waals surface area contributed by atoms with E-state index >= 15 is 0 Å². The van der Waals surface area contributed by atoms with E-state index in [-0.39, 0.29) is 0 Å². The molecule has 0 saturated heterocycles. The van der Waals surface area contributed by atoms with Gasteiger partial charge in [-0.15, -0.1) is 4.33 Å². The van der Waals surface area contributed by atoms with E-state index in [1.807, 2.05) is 24.3 Å². The van der Waals surface area contributed by atoms with Crippen LogP contribution in [0.2, 0.25) is 0 Å². The van der Waals surface area contributed by atoms with Gasteiger partial charge in [0.25, 0.3) is 0 Å². The highest BCUT2D eigenvalue weighted by atomic mass is 32.2. The summed E-state index contributed by atoms with van der Waals surface area (Å²) < 4.78 is 4.29. The predicted octanol–water partition coefficient (Wildman–Crippen LogP) is 2.68. The van der Waals surface area contributed by atoms with Crippen LogP contribution in [0.15, 0.2) is 29.2 Å². The van der Waals surface area contributed by atoms with Crippen LogP contribution in [0.1, 0.15) is 12.5 Å². The van der Waals surface area contributed by atoms with Crippen molar-refractivity contribution >= 4 is 12.0 Å². The highest BCUT2D eigenvalue weighted by Gasteiger charge is 1.95. The van der Waals surface area contributed by atoms with Crippen molar-refractivity contribution in [2.75, 3.05) is 0 Å². The van der Waals surface area contributed by atoms with Gasteiger partial charge in [-0.3, -0.25) is 0 Å². The van der Waals surface area contributed by atoms with Crippen molar-refractivity contribution in [3.05, 3.63) is 29.8 Å². The number of rotatable bonds is 4. The molecule has 66 valence electrons. The zero-order chi connectivity index (χ0) is 8.81. The van der Waals surface area contributed by atoms with Gasteiger partial charge in [0.2, 0.25) is 0 Å². The Labute approximate surface area is 75.4 Å². The summed E-state index contributed by atoms with van der Waals surface area (Å²) in [6.45, 7) is 2.08. The van der Waals surface area contributed by atoms with Gasteiger partial charge in [0.1, 0.15) is 0 Å². The summed E-state index contributed by atoms with van der Waals surface area (Å²) in [6, 6.07) is 7.82. The smallest absolute Gasteiger partial charge is 0.0714 e. The second kappa shape index (κ2) is 5.16. The van der Waals surface area contributed by atoms with E-state index in [0.717, 1.165) is 23.4 Å². The van der Waals surface area contributed by atoms with Crippen molar-refractivity contribution in [1.82, 2.24) is 0 Å². The number of aryl methyl sites for hydroxylation is 1. The Morgan fingerprint density at radius 3 is 3.00 bits per heavy atom. The molecular weight excluding hydrogens is 176 g/mol. The van der Waals surface area contributed by atoms with Gasteiger partial charge in [-0.1, -0.05) is 24.1 Å². The molecule has 0 radical (unpaired) electrons. The molecule has 4 heteroatoms. The Morgan fingerprint density at radius 2 is 2.33 bits per heavy atom. The average Bonchev–Trinajstić information content (AvgIpc) is 2.15. The molecule has 0 heterocycles. The lowest BCUT2D eigenvalue weighted by Crippen LogP contribution is -1.82. The van der Waals surface area contributed by atoms with Gasteiger partial charge >= 0.3 is 0 Å². The molecule has 0 atom stereocenters. The van der Waals surface area contributed by atoms with Gasteiger partial charge in [-0.2, -0.15) is 0 Å². The number of benzene rings is 1. The molecular formula is C8H10O3S. The van der Waals surface area contributed by atoms with Crippen molar-refractivity contribution in [3.8, 4) is 0 Å². The van der Waals surface area contributed by atoms with Crippen LogP contribution in [0, 0.1) is 0 Å². The van der Waals surface area contributed by atoms with Crippen LogP contribution in [0.4, 0.5) is 0 Å². The lowest BCUT2D eigenvalue weighted by atomic mass is 10.2. The monoisotopic (exact) mass is 186 g/mol. The first kappa shape index (κ1) is 9.54. The molecule has 0 spiro atoms. The van der Waals surface area contributed by atoms with Crippen molar-refractivity contribution in [3.63, 3.8) is 0 Å². The van der Waals surface area contributed by atoms with Gasteiger partial charge in [-0.05, 0) is 24.1 Å². The first-order chi connectivity index (χ1) is 5.86. The molecule has 1 aromatic carbocycles. The average molecular weight is 186 g/mol. The standard InChI is InChI=1S/C8H10O3S/c1-2-7-4-3-5-8(6-7)12-11-10-9/h3-6,9H,2H2,1H3. The molecule has 12 heavy (non-hydrogen) atoms. The number of hydrogen-bond acceptors (Lipinski definition) is 4. The summed E-state index contributed by atoms with van der Waals surface area (Å²) in [7, 11) is 0. The highest BCUT2D eigenvalue weighted by Crippen LogP contribution is 2.19. The summed E-state index contributed by atoms with van der Waals surface area (Å²) in [5.74, 6) is 0. The maximum Gasteiger partial charge on any atom is 0.0714 e. The molecule has 0 aliphatic carbocycles. The summed E-state index contributed by atoms with van der Waals surface area (Å²) in [4.78, 5) is 0.906. The van der Waals surface area contributed by atoms with E-state index < -0.39 is 0 Å². The fourth-order valence-corrected chi connectivity index (χ4v) is 1.31. The molecule has 0 unspecified atom stereocenters. The minimum atomic E-state index is 0.906. The second-order valence-electron chi connectivity index (χ2n) is 2.23. The molecule has 0 aliphatic heterocycles. The zero-order valence-electron chi connectivity index (χ0n) is 6.69. The van der Waals surface area contributed by atoms with E-state index in [9.17, 15) is 0 Å². The SMILES string of the molecule is CCc1cccc(SOOO)c1. The lowest BCUT2D eigenvalue weighted by molar-refractivity contribution is -0.432. The van der Waals surface area contributed by atoms with E-state index in [4.69, 9.17) is 5.26 Å². The lowest BCUT2D eigenvalue weighted by Gasteiger charge is -1.99. The minimum absolute atomic E-state index is 0.906. The Hall–Kier alpha value is -0.550. The van der Waals surface area contributed by atoms with E-state index in [0.29, 0.717) is 0 Å². The fourth-order valence-electron chi connectivity index (χ4n) is 0.872. The second-order valence-corrected chi connectivity index (χ2v) is 3.00. The molecule has 1 N–H and O–H groups in total. The van der Waals surface area contributed by atoms with E-state index in [1.54, 1.807) is 0 Å². The molecule has 0 fully saturated rings. The Morgan fingerprint density at radius 1 is 1.50 bits per heavy atom. The van der Waals surface area contributed by atoms with Crippen LogP contribution >= 0.6 is 12.0 Å². The van der Waals surface area contributed by atoms with Crippen LogP contribution in [0.3, 0.4) is 0 Å². The van der Waals surface area contributed by atoms with Crippen LogP contribution < -0.4 is 0 Å². The van der Waals surface area contributed by atoms with E-state index in [2.05, 4.69) is 16.3 Å². The summed E-state index contributed by atoms with van der Waals surface area (Å²) in [5.41, 5.74) is 1.22. The first-order valence-corrected chi connectivity index (χ1v) is 4.34. The summed E-state index contributed by atoms with van der Waals surface area (Å²) >= 11 is 0.978. The van der Waals surface area contributed by atoms with Crippen LogP contribution in [-0.4, -0.2) is 5.26 Å². The fraction of sp³-hybridized carbons (Fsp3) is 0.250. The van der Waals surface area contributed by atoms with Gasteiger partial charge in [-0.25, -0.2) is 5.26 Å². The Bertz CT molecular complexity index is 239. The highest BCUT2D eigenvalue weighted by molar-refractivity contribution is 7.94. The quantitative estimate of drug-likeness (QED) is 0.445. The van der Waals surface area contributed by atoms with Crippen molar-refractivity contribution < 1.29 is 14.6 Å². The molecule has 1 rings (SSSR count). The molecule has 0 amide bonds. The minimum Gasteiger partial charge on any atom is -0.220 e. The van der Waals surface area contributed by atoms with Crippen LogP contribution in [0.25, 0.3) is 0 Å². The van der Waals surface area contributed by atoms with Crippen LogP contribution in [-0.2, 0) is 15.8 Å². The first-order valence-electron chi connectivity index (χ1n) is 3.60. The third-order valence-electron chi connectivity index (χ3n) is 1.47. The van der Waals surface area contributed by atoms with E-state index in [1.165, 1.54) is 5.56 Å². The van der Waals surface area contributed by atoms with Gasteiger partial charge < -0.3 is 0 Å². The van der Waals surface area contributed by atoms with Crippen molar-refractivity contribution in [1.29, 1.82) is 0 Å². The van der Waals surface area contributed by atoms with Gasteiger partial charge in [0.05, 0.1) is 12.0 Å². The molecule has 1 aromatic rings. The molecule has 0 saturated carbocycles. The zero-order valence-corrected chi connectivity index (χ0v) is 7.50. The van der Waals surface area contributed by atoms with Crippen molar-refractivity contribution in [2.45, 2.75) is 18.2 Å². The predicted molar refractivity (Wildman–Crippen MR) is 46.5 cm³/mol.